The van der Waals surface area contributed by atoms with Gasteiger partial charge in [-0.1, -0.05) is 19.0 Å². The van der Waals surface area contributed by atoms with Gasteiger partial charge in [0.15, 0.2) is 5.71 Å². The number of hydrogen-bond acceptors (Lipinski definition) is 4. The first-order valence-corrected chi connectivity index (χ1v) is 5.12. The van der Waals surface area contributed by atoms with Crippen molar-refractivity contribution in [3.63, 3.8) is 0 Å². The van der Waals surface area contributed by atoms with E-state index in [0.717, 1.165) is 0 Å². The summed E-state index contributed by atoms with van der Waals surface area (Å²) in [6, 6.07) is 0. The zero-order valence-electron chi connectivity index (χ0n) is 9.64. The molecule has 0 aromatic carbocycles. The zero-order chi connectivity index (χ0) is 12.3. The number of carbonyl (C=O) groups is 2. The maximum Gasteiger partial charge on any atom is 0.353 e. The van der Waals surface area contributed by atoms with Crippen LogP contribution in [0.2, 0.25) is 0 Å². The molecule has 1 N–H and O–H groups in total. The molecule has 16 heavy (non-hydrogen) atoms. The van der Waals surface area contributed by atoms with E-state index in [0.29, 0.717) is 12.5 Å². The Morgan fingerprint density at radius 2 is 2.25 bits per heavy atom. The van der Waals surface area contributed by atoms with E-state index in [9.17, 15) is 9.59 Å². The number of aliphatic carboxylic acids is 1. The van der Waals surface area contributed by atoms with Gasteiger partial charge in [-0.15, -0.1) is 0 Å². The van der Waals surface area contributed by atoms with Crippen LogP contribution in [0.25, 0.3) is 0 Å². The zero-order valence-corrected chi connectivity index (χ0v) is 9.64. The quantitative estimate of drug-likeness (QED) is 0.752. The van der Waals surface area contributed by atoms with Crippen molar-refractivity contribution in [1.82, 2.24) is 4.90 Å². The van der Waals surface area contributed by atoms with Crippen molar-refractivity contribution in [2.75, 3.05) is 13.6 Å². The molecule has 6 nitrogen and oxygen atoms in total. The van der Waals surface area contributed by atoms with Crippen LogP contribution in [0.5, 0.6) is 0 Å². The Bertz CT molecular complexity index is 325. The van der Waals surface area contributed by atoms with E-state index in [2.05, 4.69) is 5.16 Å². The Morgan fingerprint density at radius 1 is 1.62 bits per heavy atom. The third kappa shape index (κ3) is 2.95. The number of likely N-dealkylation sites (N-methyl/N-ethyl adjacent to an activating group) is 1. The fourth-order valence-corrected chi connectivity index (χ4v) is 1.52. The van der Waals surface area contributed by atoms with Crippen LogP contribution in [0.3, 0.4) is 0 Å². The Morgan fingerprint density at radius 3 is 2.69 bits per heavy atom. The van der Waals surface area contributed by atoms with Gasteiger partial charge in [-0.05, 0) is 5.92 Å². The molecule has 1 aliphatic rings. The van der Waals surface area contributed by atoms with Crippen LogP contribution in [0.15, 0.2) is 5.16 Å². The van der Waals surface area contributed by atoms with Gasteiger partial charge in [0.1, 0.15) is 0 Å². The summed E-state index contributed by atoms with van der Waals surface area (Å²) in [6.45, 7) is 4.61. The van der Waals surface area contributed by atoms with Gasteiger partial charge in [-0.2, -0.15) is 0 Å². The van der Waals surface area contributed by atoms with Crippen LogP contribution < -0.4 is 0 Å². The van der Waals surface area contributed by atoms with Crippen LogP contribution in [0.4, 0.5) is 0 Å². The molecule has 6 heteroatoms. The first-order chi connectivity index (χ1) is 7.41. The number of rotatable bonds is 4. The van der Waals surface area contributed by atoms with Gasteiger partial charge >= 0.3 is 5.97 Å². The summed E-state index contributed by atoms with van der Waals surface area (Å²) in [4.78, 5) is 28.7. The fourth-order valence-electron chi connectivity index (χ4n) is 1.52. The van der Waals surface area contributed by atoms with Gasteiger partial charge in [-0.25, -0.2) is 4.79 Å². The number of hydrogen-bond donors (Lipinski definition) is 1. The predicted molar refractivity (Wildman–Crippen MR) is 57.0 cm³/mol. The van der Waals surface area contributed by atoms with Crippen molar-refractivity contribution >= 4 is 17.6 Å². The van der Waals surface area contributed by atoms with Gasteiger partial charge in [0.25, 0.3) is 5.91 Å². The lowest BCUT2D eigenvalue weighted by atomic mass is 10.1. The van der Waals surface area contributed by atoms with Crippen molar-refractivity contribution in [1.29, 1.82) is 0 Å². The second-order valence-corrected chi connectivity index (χ2v) is 4.25. The normalized spacial score (nSPS) is 19.2. The number of carboxylic acid groups (broad SMARTS) is 1. The lowest BCUT2D eigenvalue weighted by Gasteiger charge is -2.21. The Labute approximate surface area is 93.9 Å². The van der Waals surface area contributed by atoms with E-state index in [4.69, 9.17) is 9.94 Å². The Hall–Kier alpha value is -1.59. The summed E-state index contributed by atoms with van der Waals surface area (Å²) in [6.07, 6.45) is -0.744. The molecule has 0 aromatic rings. The molecule has 1 atom stereocenters. The maximum atomic E-state index is 11.8. The van der Waals surface area contributed by atoms with Crippen LogP contribution in [-0.2, 0) is 14.4 Å². The molecule has 0 aromatic heterocycles. The molecule has 90 valence electrons. The second kappa shape index (κ2) is 4.96. The van der Waals surface area contributed by atoms with Gasteiger partial charge in [0, 0.05) is 20.0 Å². The molecular weight excluding hydrogens is 212 g/mol. The van der Waals surface area contributed by atoms with Crippen molar-refractivity contribution in [3.05, 3.63) is 0 Å². The summed E-state index contributed by atoms with van der Waals surface area (Å²) in [5.41, 5.74) is -0.101. The highest BCUT2D eigenvalue weighted by atomic mass is 16.6. The van der Waals surface area contributed by atoms with E-state index in [1.54, 1.807) is 7.05 Å². The van der Waals surface area contributed by atoms with Crippen LogP contribution in [0.1, 0.15) is 20.3 Å². The molecule has 1 amide bonds. The molecule has 1 unspecified atom stereocenters. The van der Waals surface area contributed by atoms with Gasteiger partial charge in [0.2, 0.25) is 6.10 Å². The molecule has 0 saturated carbocycles. The molecule has 0 spiro atoms. The minimum absolute atomic E-state index is 0.0383. The smallest absolute Gasteiger partial charge is 0.353 e. The average Bonchev–Trinajstić information content (AvgIpc) is 2.64. The molecule has 0 fully saturated rings. The van der Waals surface area contributed by atoms with E-state index in [1.807, 2.05) is 13.8 Å². The largest absolute Gasteiger partial charge is 0.477 e. The summed E-state index contributed by atoms with van der Waals surface area (Å²) in [5.74, 6) is -1.01. The van der Waals surface area contributed by atoms with E-state index >= 15 is 0 Å². The molecule has 1 heterocycles. The third-order valence-electron chi connectivity index (χ3n) is 2.21. The van der Waals surface area contributed by atoms with Crippen molar-refractivity contribution < 1.29 is 19.5 Å². The van der Waals surface area contributed by atoms with Crippen LogP contribution in [-0.4, -0.2) is 47.3 Å². The number of oxime groups is 1. The van der Waals surface area contributed by atoms with Crippen LogP contribution in [0, 0.1) is 5.92 Å². The number of amides is 1. The molecular formula is C10H16N2O4. The summed E-state index contributed by atoms with van der Waals surface area (Å²) < 4.78 is 0. The maximum absolute atomic E-state index is 11.8. The molecule has 0 saturated heterocycles. The second-order valence-electron chi connectivity index (χ2n) is 4.25. The highest BCUT2D eigenvalue weighted by molar-refractivity contribution is 6.36. The SMILES string of the molecule is CC(C)CN(C)C(=O)C1CC(C(=O)O)=NO1. The van der Waals surface area contributed by atoms with Crippen LogP contribution >= 0.6 is 0 Å². The number of nitrogens with zero attached hydrogens (tertiary/aromatic N) is 2. The minimum Gasteiger partial charge on any atom is -0.477 e. The van der Waals surface area contributed by atoms with Crippen molar-refractivity contribution in [3.8, 4) is 0 Å². The van der Waals surface area contributed by atoms with Gasteiger partial charge in [0.05, 0.1) is 0 Å². The van der Waals surface area contributed by atoms with Gasteiger partial charge in [-0.3, -0.25) is 4.79 Å². The highest BCUT2D eigenvalue weighted by Crippen LogP contribution is 2.13. The summed E-state index contributed by atoms with van der Waals surface area (Å²) in [7, 11) is 1.67. The van der Waals surface area contributed by atoms with Crippen molar-refractivity contribution in [2.45, 2.75) is 26.4 Å². The van der Waals surface area contributed by atoms with E-state index < -0.39 is 12.1 Å². The number of carboxylic acids is 1. The highest BCUT2D eigenvalue weighted by Gasteiger charge is 2.33. The molecule has 0 radical (unpaired) electrons. The number of carbonyl (C=O) groups excluding carboxylic acids is 1. The molecule has 1 rings (SSSR count). The summed E-state index contributed by atoms with van der Waals surface area (Å²) >= 11 is 0. The summed E-state index contributed by atoms with van der Waals surface area (Å²) in [5, 5.41) is 12.0. The van der Waals surface area contributed by atoms with Gasteiger partial charge < -0.3 is 14.8 Å². The topological polar surface area (TPSA) is 79.2 Å². The minimum atomic E-state index is -1.14. The Balaban J connectivity index is 2.50. The van der Waals surface area contributed by atoms with E-state index in [1.165, 1.54) is 4.90 Å². The average molecular weight is 228 g/mol. The van der Waals surface area contributed by atoms with E-state index in [-0.39, 0.29) is 18.0 Å². The molecule has 0 bridgehead atoms. The standard InChI is InChI=1S/C10H16N2O4/c1-6(2)5-12(3)9(13)8-4-7(10(14)15)11-16-8/h6,8H,4-5H2,1-3H3,(H,14,15). The first-order valence-electron chi connectivity index (χ1n) is 5.12. The fraction of sp³-hybridized carbons (Fsp3) is 0.700. The predicted octanol–water partition coefficient (Wildman–Crippen LogP) is 0.330. The van der Waals surface area contributed by atoms with Crippen molar-refractivity contribution in [2.24, 2.45) is 11.1 Å². The first kappa shape index (κ1) is 12.5. The lowest BCUT2D eigenvalue weighted by Crippen LogP contribution is -2.38. The monoisotopic (exact) mass is 228 g/mol. The molecule has 1 aliphatic heterocycles. The molecule has 0 aliphatic carbocycles. The lowest BCUT2D eigenvalue weighted by molar-refractivity contribution is -0.141. The Kier molecular flexibility index (Phi) is 3.87. The third-order valence-corrected chi connectivity index (χ3v) is 2.21.